The number of hydrogen-bond acceptors (Lipinski definition) is 7. The Morgan fingerprint density at radius 3 is 2.67 bits per heavy atom. The van der Waals surface area contributed by atoms with Crippen LogP contribution in [-0.4, -0.2) is 40.0 Å². The molecule has 1 aromatic heterocycles. The summed E-state index contributed by atoms with van der Waals surface area (Å²) >= 11 is 0. The Balaban J connectivity index is 1.49. The van der Waals surface area contributed by atoms with E-state index in [4.69, 9.17) is 9.15 Å². The van der Waals surface area contributed by atoms with Crippen LogP contribution in [0.15, 0.2) is 27.4 Å². The van der Waals surface area contributed by atoms with Gasteiger partial charge in [0.1, 0.15) is 30.0 Å². The zero-order chi connectivity index (χ0) is 21.6. The predicted molar refractivity (Wildman–Crippen MR) is 105 cm³/mol. The van der Waals surface area contributed by atoms with Crippen LogP contribution < -0.4 is 10.9 Å². The summed E-state index contributed by atoms with van der Waals surface area (Å²) in [5, 5.41) is 13.2. The molecule has 1 aromatic carbocycles. The topological polar surface area (TPSA) is 126 Å². The number of phenols is 1. The lowest BCUT2D eigenvalue weighted by molar-refractivity contribution is -0.148. The van der Waals surface area contributed by atoms with Gasteiger partial charge in [0.2, 0.25) is 0 Å². The van der Waals surface area contributed by atoms with Crippen LogP contribution in [-0.2, 0) is 27.4 Å². The van der Waals surface area contributed by atoms with Gasteiger partial charge < -0.3 is 19.6 Å². The molecule has 2 fully saturated rings. The van der Waals surface area contributed by atoms with Crippen molar-refractivity contribution in [3.05, 3.63) is 39.7 Å². The molecule has 0 radical (unpaired) electrons. The van der Waals surface area contributed by atoms with E-state index in [9.17, 15) is 24.3 Å². The van der Waals surface area contributed by atoms with Gasteiger partial charge in [-0.1, -0.05) is 6.92 Å². The van der Waals surface area contributed by atoms with E-state index in [-0.39, 0.29) is 23.9 Å². The molecule has 2 aromatic rings. The summed E-state index contributed by atoms with van der Waals surface area (Å²) in [6, 6.07) is 3.63. The Morgan fingerprint density at radius 1 is 1.27 bits per heavy atom. The van der Waals surface area contributed by atoms with Crippen molar-refractivity contribution in [1.82, 2.24) is 10.2 Å². The van der Waals surface area contributed by atoms with Crippen LogP contribution in [0, 0.1) is 5.92 Å². The number of aryl methyl sites for hydroxylation is 1. The van der Waals surface area contributed by atoms with Gasteiger partial charge in [0.15, 0.2) is 0 Å². The molecule has 0 unspecified atom stereocenters. The maximum atomic E-state index is 12.6. The molecule has 1 atom stereocenters. The van der Waals surface area contributed by atoms with E-state index in [0.29, 0.717) is 22.9 Å². The summed E-state index contributed by atoms with van der Waals surface area (Å²) in [4.78, 5) is 49.8. The summed E-state index contributed by atoms with van der Waals surface area (Å²) in [5.41, 5.74) is -0.374. The average Bonchev–Trinajstić information content (AvgIpc) is 3.51. The second-order valence-electron chi connectivity index (χ2n) is 7.88. The van der Waals surface area contributed by atoms with Gasteiger partial charge in [-0.25, -0.2) is 9.59 Å². The van der Waals surface area contributed by atoms with E-state index < -0.39 is 35.6 Å². The van der Waals surface area contributed by atoms with Crippen LogP contribution in [0.2, 0.25) is 0 Å². The second kappa shape index (κ2) is 7.16. The first-order valence-corrected chi connectivity index (χ1v) is 9.81. The number of hydrogen-bond donors (Lipinski definition) is 2. The molecule has 0 spiro atoms. The molecule has 9 heteroatoms. The number of carbonyl (C=O) groups is 3. The fraction of sp³-hybridized carbons (Fsp3) is 0.429. The Labute approximate surface area is 171 Å². The van der Waals surface area contributed by atoms with Crippen LogP contribution >= 0.6 is 0 Å². The molecule has 2 N–H and O–H groups in total. The van der Waals surface area contributed by atoms with E-state index in [0.717, 1.165) is 17.7 Å². The van der Waals surface area contributed by atoms with E-state index in [1.165, 1.54) is 12.1 Å². The van der Waals surface area contributed by atoms with E-state index in [1.807, 2.05) is 6.92 Å². The van der Waals surface area contributed by atoms with Crippen LogP contribution in [0.1, 0.15) is 37.8 Å². The summed E-state index contributed by atoms with van der Waals surface area (Å²) in [7, 11) is 0. The third-order valence-corrected chi connectivity index (χ3v) is 5.78. The summed E-state index contributed by atoms with van der Waals surface area (Å²) in [6.07, 6.45) is 2.28. The molecule has 1 saturated heterocycles. The molecular formula is C21H22N2O7. The quantitative estimate of drug-likeness (QED) is 0.419. The molecule has 1 aliphatic heterocycles. The maximum absolute atomic E-state index is 12.6. The van der Waals surface area contributed by atoms with Gasteiger partial charge in [-0.15, -0.1) is 0 Å². The number of aromatic hydroxyl groups is 1. The monoisotopic (exact) mass is 414 g/mol. The number of phenolic OH excluding ortho intramolecular Hbond substituents is 1. The molecular weight excluding hydrogens is 392 g/mol. The molecule has 2 aliphatic rings. The summed E-state index contributed by atoms with van der Waals surface area (Å²) < 4.78 is 10.4. The molecule has 3 amide bonds. The van der Waals surface area contributed by atoms with Crippen molar-refractivity contribution in [2.24, 2.45) is 5.92 Å². The number of urea groups is 1. The fourth-order valence-electron chi connectivity index (χ4n) is 3.84. The smallest absolute Gasteiger partial charge is 0.336 e. The van der Waals surface area contributed by atoms with Gasteiger partial charge in [0.05, 0.1) is 0 Å². The third-order valence-electron chi connectivity index (χ3n) is 5.78. The molecule has 1 aliphatic carbocycles. The van der Waals surface area contributed by atoms with Crippen molar-refractivity contribution >= 4 is 28.9 Å². The van der Waals surface area contributed by atoms with Gasteiger partial charge >= 0.3 is 17.6 Å². The number of fused-ring (bicyclic) bond motifs is 1. The first-order chi connectivity index (χ1) is 14.2. The molecule has 30 heavy (non-hydrogen) atoms. The number of benzene rings is 1. The highest BCUT2D eigenvalue weighted by Crippen LogP contribution is 2.42. The zero-order valence-electron chi connectivity index (χ0n) is 16.7. The minimum Gasteiger partial charge on any atom is -0.508 e. The maximum Gasteiger partial charge on any atom is 0.336 e. The number of nitrogens with zero attached hydrogens (tertiary/aromatic N) is 1. The lowest BCUT2D eigenvalue weighted by Gasteiger charge is -2.20. The number of amides is 3. The normalized spacial score (nSPS) is 21.2. The van der Waals surface area contributed by atoms with E-state index in [2.05, 4.69) is 5.32 Å². The van der Waals surface area contributed by atoms with Crippen LogP contribution in [0.25, 0.3) is 11.0 Å². The minimum absolute atomic E-state index is 0.0135. The first kappa shape index (κ1) is 19.9. The lowest BCUT2D eigenvalue weighted by atomic mass is 9.96. The first-order valence-electron chi connectivity index (χ1n) is 9.81. The number of imide groups is 1. The van der Waals surface area contributed by atoms with Crippen LogP contribution in [0.3, 0.4) is 0 Å². The minimum atomic E-state index is -0.968. The van der Waals surface area contributed by atoms with E-state index >= 15 is 0 Å². The van der Waals surface area contributed by atoms with Crippen LogP contribution in [0.4, 0.5) is 4.79 Å². The van der Waals surface area contributed by atoms with Gasteiger partial charge in [0.25, 0.3) is 5.91 Å². The number of carbonyl (C=O) groups excluding carboxylic acids is 3. The highest BCUT2D eigenvalue weighted by molar-refractivity contribution is 6.08. The SMILES string of the molecule is CCc1cc2c(COC(=O)CN3C(=O)N[C@@](C)(C4CC4)C3=O)cc(=O)oc2cc1O. The third kappa shape index (κ3) is 3.40. The van der Waals surface area contributed by atoms with Crippen molar-refractivity contribution in [3.63, 3.8) is 0 Å². The van der Waals surface area contributed by atoms with Gasteiger partial charge in [-0.05, 0) is 43.7 Å². The number of ether oxygens (including phenoxy) is 1. The second-order valence-corrected chi connectivity index (χ2v) is 7.88. The fourth-order valence-corrected chi connectivity index (χ4v) is 3.84. The summed E-state index contributed by atoms with van der Waals surface area (Å²) in [6.45, 7) is 2.80. The molecule has 1 saturated carbocycles. The molecule has 158 valence electrons. The van der Waals surface area contributed by atoms with Gasteiger partial charge in [-0.3, -0.25) is 14.5 Å². The molecule has 2 heterocycles. The Hall–Kier alpha value is -3.36. The Bertz CT molecular complexity index is 1120. The largest absolute Gasteiger partial charge is 0.508 e. The number of esters is 1. The predicted octanol–water partition coefficient (Wildman–Crippen LogP) is 1.82. The number of nitrogens with one attached hydrogen (secondary N) is 1. The zero-order valence-corrected chi connectivity index (χ0v) is 16.7. The van der Waals surface area contributed by atoms with Crippen molar-refractivity contribution in [2.75, 3.05) is 6.54 Å². The van der Waals surface area contributed by atoms with Crippen LogP contribution in [0.5, 0.6) is 5.75 Å². The average molecular weight is 414 g/mol. The summed E-state index contributed by atoms with van der Waals surface area (Å²) in [5.74, 6) is -1.09. The highest BCUT2D eigenvalue weighted by atomic mass is 16.5. The molecule has 0 bridgehead atoms. The Kier molecular flexibility index (Phi) is 4.76. The van der Waals surface area contributed by atoms with Crippen molar-refractivity contribution in [1.29, 1.82) is 0 Å². The van der Waals surface area contributed by atoms with Crippen molar-refractivity contribution in [2.45, 2.75) is 45.3 Å². The Morgan fingerprint density at radius 2 is 2.00 bits per heavy atom. The molecule has 4 rings (SSSR count). The number of rotatable bonds is 6. The standard InChI is InChI=1S/C21H22N2O7/c1-3-11-6-14-12(7-17(25)30-16(14)8-15(11)24)10-29-18(26)9-23-19(27)21(2,13-4-5-13)22-20(23)28/h6-8,13,24H,3-5,9-10H2,1-2H3,(H,22,28)/t21-/m0/s1. The lowest BCUT2D eigenvalue weighted by Crippen LogP contribution is -2.46. The molecule has 9 nitrogen and oxygen atoms in total. The highest BCUT2D eigenvalue weighted by Gasteiger charge is 2.56. The van der Waals surface area contributed by atoms with Crippen molar-refractivity contribution < 1.29 is 28.6 Å². The van der Waals surface area contributed by atoms with E-state index in [1.54, 1.807) is 13.0 Å². The van der Waals surface area contributed by atoms with Gasteiger partial charge in [-0.2, -0.15) is 0 Å². The van der Waals surface area contributed by atoms with Crippen molar-refractivity contribution in [3.8, 4) is 5.75 Å². The van der Waals surface area contributed by atoms with Gasteiger partial charge in [0, 0.05) is 23.1 Å².